The second-order valence-corrected chi connectivity index (χ2v) is 6.66. The third kappa shape index (κ3) is 4.97. The Kier molecular flexibility index (Phi) is 5.75. The smallest absolute Gasteiger partial charge is 0.225 e. The lowest BCUT2D eigenvalue weighted by atomic mass is 9.85. The summed E-state index contributed by atoms with van der Waals surface area (Å²) in [6.45, 7) is 10.5. The van der Waals surface area contributed by atoms with Crippen LogP contribution in [0, 0.1) is 5.41 Å². The molecule has 0 aliphatic carbocycles. The maximum absolute atomic E-state index is 12.0. The fraction of sp³-hybridized carbons (Fsp3) is 0.588. The van der Waals surface area contributed by atoms with Crippen molar-refractivity contribution in [1.29, 1.82) is 0 Å². The second-order valence-electron chi connectivity index (χ2n) is 6.66. The molecule has 0 bridgehead atoms. The van der Waals surface area contributed by atoms with Gasteiger partial charge >= 0.3 is 0 Å². The molecule has 2 atom stereocenters. The third-order valence-corrected chi connectivity index (χ3v) is 3.89. The van der Waals surface area contributed by atoms with Gasteiger partial charge in [0.2, 0.25) is 5.91 Å². The van der Waals surface area contributed by atoms with Crippen LogP contribution in [0.2, 0.25) is 0 Å². The van der Waals surface area contributed by atoms with Gasteiger partial charge in [-0.15, -0.1) is 0 Å². The van der Waals surface area contributed by atoms with Crippen molar-refractivity contribution >= 4 is 11.6 Å². The Morgan fingerprint density at radius 3 is 2.25 bits per heavy atom. The van der Waals surface area contributed by atoms with Crippen LogP contribution in [0.5, 0.6) is 0 Å². The molecule has 3 N–H and O–H groups in total. The fourth-order valence-corrected chi connectivity index (χ4v) is 1.85. The number of hydrogen-bond donors (Lipinski definition) is 2. The van der Waals surface area contributed by atoms with Crippen molar-refractivity contribution < 1.29 is 4.79 Å². The van der Waals surface area contributed by atoms with E-state index >= 15 is 0 Å². The molecule has 0 spiro atoms. The maximum atomic E-state index is 12.0. The van der Waals surface area contributed by atoms with Gasteiger partial charge in [0, 0.05) is 18.2 Å². The van der Waals surface area contributed by atoms with E-state index in [0.717, 1.165) is 12.1 Å². The van der Waals surface area contributed by atoms with Crippen LogP contribution >= 0.6 is 0 Å². The van der Waals surface area contributed by atoms with Crippen LogP contribution in [-0.4, -0.2) is 11.9 Å². The van der Waals surface area contributed by atoms with E-state index in [-0.39, 0.29) is 17.4 Å². The van der Waals surface area contributed by atoms with Crippen molar-refractivity contribution in [2.75, 3.05) is 5.32 Å². The lowest BCUT2D eigenvalue weighted by Gasteiger charge is -2.26. The van der Waals surface area contributed by atoms with Gasteiger partial charge in [0.25, 0.3) is 0 Å². The zero-order chi connectivity index (χ0) is 15.3. The monoisotopic (exact) mass is 276 g/mol. The highest BCUT2D eigenvalue weighted by molar-refractivity contribution is 5.91. The first-order valence-electron chi connectivity index (χ1n) is 7.39. The molecule has 3 heteroatoms. The summed E-state index contributed by atoms with van der Waals surface area (Å²) in [6.07, 6.45) is 1.46. The van der Waals surface area contributed by atoms with E-state index in [4.69, 9.17) is 5.73 Å². The average Bonchev–Trinajstić information content (AvgIpc) is 2.37. The second kappa shape index (κ2) is 6.89. The highest BCUT2D eigenvalue weighted by Gasteiger charge is 2.23. The van der Waals surface area contributed by atoms with Gasteiger partial charge < -0.3 is 11.1 Å². The molecule has 1 aromatic rings. The molecule has 0 aliphatic rings. The SMILES string of the molecule is CCC(C)c1ccc(NC(=O)CC(N)C(C)(C)C)cc1. The number of benzene rings is 1. The van der Waals surface area contributed by atoms with Gasteiger partial charge in [0.05, 0.1) is 0 Å². The Morgan fingerprint density at radius 1 is 1.25 bits per heavy atom. The van der Waals surface area contributed by atoms with Crippen LogP contribution in [0.1, 0.15) is 58.9 Å². The molecular weight excluding hydrogens is 248 g/mol. The number of hydrogen-bond acceptors (Lipinski definition) is 2. The lowest BCUT2D eigenvalue weighted by Crippen LogP contribution is -2.38. The molecule has 1 amide bonds. The molecule has 1 rings (SSSR count). The molecule has 2 unspecified atom stereocenters. The number of carbonyl (C=O) groups is 1. The van der Waals surface area contributed by atoms with Crippen molar-refractivity contribution in [2.24, 2.45) is 11.1 Å². The Hall–Kier alpha value is -1.35. The van der Waals surface area contributed by atoms with Crippen LogP contribution in [0.4, 0.5) is 5.69 Å². The molecule has 0 fully saturated rings. The predicted octanol–water partition coefficient (Wildman–Crippen LogP) is 3.90. The molecule has 0 saturated heterocycles. The van der Waals surface area contributed by atoms with E-state index in [2.05, 4.69) is 31.3 Å². The topological polar surface area (TPSA) is 55.1 Å². The first kappa shape index (κ1) is 16.7. The zero-order valence-corrected chi connectivity index (χ0v) is 13.4. The molecule has 0 heterocycles. The summed E-state index contributed by atoms with van der Waals surface area (Å²) < 4.78 is 0. The van der Waals surface area contributed by atoms with E-state index < -0.39 is 0 Å². The minimum atomic E-state index is -0.137. The standard InChI is InChI=1S/C17H28N2O/c1-6-12(2)13-7-9-14(10-8-13)19-16(20)11-15(18)17(3,4)5/h7-10,12,15H,6,11,18H2,1-5H3,(H,19,20). The minimum Gasteiger partial charge on any atom is -0.327 e. The van der Waals surface area contributed by atoms with Gasteiger partial charge in [-0.25, -0.2) is 0 Å². The van der Waals surface area contributed by atoms with Crippen molar-refractivity contribution in [3.05, 3.63) is 29.8 Å². The van der Waals surface area contributed by atoms with E-state index in [0.29, 0.717) is 12.3 Å². The first-order valence-corrected chi connectivity index (χ1v) is 7.39. The maximum Gasteiger partial charge on any atom is 0.225 e. The number of nitrogens with two attached hydrogens (primary N) is 1. The van der Waals surface area contributed by atoms with E-state index in [1.807, 2.05) is 32.9 Å². The van der Waals surface area contributed by atoms with Gasteiger partial charge in [-0.05, 0) is 35.4 Å². The zero-order valence-electron chi connectivity index (χ0n) is 13.4. The van der Waals surface area contributed by atoms with Gasteiger partial charge in [-0.3, -0.25) is 4.79 Å². The Labute approximate surface area is 122 Å². The normalized spacial score (nSPS) is 14.7. The molecule has 1 aromatic carbocycles. The Bertz CT molecular complexity index is 431. The van der Waals surface area contributed by atoms with Gasteiger partial charge in [0.15, 0.2) is 0 Å². The number of amides is 1. The van der Waals surface area contributed by atoms with E-state index in [9.17, 15) is 4.79 Å². The van der Waals surface area contributed by atoms with Crippen LogP contribution in [0.25, 0.3) is 0 Å². The van der Waals surface area contributed by atoms with Crippen LogP contribution in [0.15, 0.2) is 24.3 Å². The minimum absolute atomic E-state index is 0.0243. The molecule has 0 saturated carbocycles. The third-order valence-electron chi connectivity index (χ3n) is 3.89. The predicted molar refractivity (Wildman–Crippen MR) is 85.8 cm³/mol. The highest BCUT2D eigenvalue weighted by Crippen LogP contribution is 2.22. The highest BCUT2D eigenvalue weighted by atomic mass is 16.1. The summed E-state index contributed by atoms with van der Waals surface area (Å²) in [5.74, 6) is 0.526. The molecule has 20 heavy (non-hydrogen) atoms. The molecule has 0 aromatic heterocycles. The molecular formula is C17H28N2O. The van der Waals surface area contributed by atoms with E-state index in [1.54, 1.807) is 0 Å². The quantitative estimate of drug-likeness (QED) is 0.857. The largest absolute Gasteiger partial charge is 0.327 e. The first-order chi connectivity index (χ1) is 9.24. The van der Waals surface area contributed by atoms with E-state index in [1.165, 1.54) is 5.56 Å². The van der Waals surface area contributed by atoms with Crippen LogP contribution < -0.4 is 11.1 Å². The molecule has 112 valence electrons. The summed E-state index contributed by atoms with van der Waals surface area (Å²) in [4.78, 5) is 12.0. The Morgan fingerprint density at radius 2 is 1.80 bits per heavy atom. The van der Waals surface area contributed by atoms with Crippen LogP contribution in [-0.2, 0) is 4.79 Å². The number of anilines is 1. The van der Waals surface area contributed by atoms with Gasteiger partial charge in [0.1, 0.15) is 0 Å². The molecule has 0 radical (unpaired) electrons. The summed E-state index contributed by atoms with van der Waals surface area (Å²) >= 11 is 0. The van der Waals surface area contributed by atoms with Crippen molar-refractivity contribution in [2.45, 2.75) is 59.4 Å². The number of nitrogens with one attached hydrogen (secondary N) is 1. The molecule has 3 nitrogen and oxygen atoms in total. The lowest BCUT2D eigenvalue weighted by molar-refractivity contribution is -0.117. The summed E-state index contributed by atoms with van der Waals surface area (Å²) in [5, 5.41) is 2.91. The Balaban J connectivity index is 2.59. The van der Waals surface area contributed by atoms with Crippen molar-refractivity contribution in [3.8, 4) is 0 Å². The van der Waals surface area contributed by atoms with Gasteiger partial charge in [-0.2, -0.15) is 0 Å². The number of rotatable bonds is 5. The van der Waals surface area contributed by atoms with Crippen molar-refractivity contribution in [3.63, 3.8) is 0 Å². The summed E-state index contributed by atoms with van der Waals surface area (Å²) in [5.41, 5.74) is 8.11. The van der Waals surface area contributed by atoms with Crippen LogP contribution in [0.3, 0.4) is 0 Å². The average molecular weight is 276 g/mol. The summed E-state index contributed by atoms with van der Waals surface area (Å²) in [6, 6.07) is 7.94. The number of carbonyl (C=O) groups excluding carboxylic acids is 1. The van der Waals surface area contributed by atoms with Crippen molar-refractivity contribution in [1.82, 2.24) is 0 Å². The fourth-order valence-electron chi connectivity index (χ4n) is 1.85. The molecule has 0 aliphatic heterocycles. The summed E-state index contributed by atoms with van der Waals surface area (Å²) in [7, 11) is 0. The van der Waals surface area contributed by atoms with Gasteiger partial charge in [-0.1, -0.05) is 46.8 Å².